The molecule has 3 aromatic rings. The van der Waals surface area contributed by atoms with Gasteiger partial charge in [0.25, 0.3) is 0 Å². The minimum absolute atomic E-state index is 0.0685. The van der Waals surface area contributed by atoms with Gasteiger partial charge in [0.2, 0.25) is 5.71 Å². The van der Waals surface area contributed by atoms with Gasteiger partial charge in [0, 0.05) is 10.8 Å². The van der Waals surface area contributed by atoms with Crippen LogP contribution in [0.4, 0.5) is 0 Å². The summed E-state index contributed by atoms with van der Waals surface area (Å²) in [5.74, 6) is -0.923. The van der Waals surface area contributed by atoms with Crippen molar-refractivity contribution in [2.75, 3.05) is 0 Å². The number of aromatic nitrogens is 1. The molecule has 2 heterocycles. The number of aromatic amines is 1. The molecule has 80 valence electrons. The van der Waals surface area contributed by atoms with Gasteiger partial charge in [0.15, 0.2) is 0 Å². The van der Waals surface area contributed by atoms with E-state index < -0.39 is 5.97 Å². The minimum Gasteiger partial charge on any atom is -0.508 e. The molecule has 0 aliphatic heterocycles. The molecule has 5 heteroatoms. The van der Waals surface area contributed by atoms with Gasteiger partial charge in [-0.1, -0.05) is 0 Å². The zero-order valence-corrected chi connectivity index (χ0v) is 8.02. The highest BCUT2D eigenvalue weighted by Gasteiger charge is 2.14. The quantitative estimate of drug-likeness (QED) is 0.583. The van der Waals surface area contributed by atoms with Crippen LogP contribution in [0.5, 0.6) is 5.75 Å². The average molecular weight is 217 g/mol. The molecular formula is C11H7NO4. The third-order valence-electron chi connectivity index (χ3n) is 2.48. The molecule has 0 aliphatic carbocycles. The number of phenolic OH excluding ortho intramolecular Hbond substituents is 1. The molecule has 0 saturated heterocycles. The number of benzene rings is 1. The van der Waals surface area contributed by atoms with E-state index in [1.807, 2.05) is 0 Å². The smallest absolute Gasteiger partial charge is 0.352 e. The van der Waals surface area contributed by atoms with Gasteiger partial charge in [0.1, 0.15) is 17.0 Å². The summed E-state index contributed by atoms with van der Waals surface area (Å²) in [5.41, 5.74) is 1.08. The third-order valence-corrected chi connectivity index (χ3v) is 2.48. The molecular weight excluding hydrogens is 210 g/mol. The van der Waals surface area contributed by atoms with Crippen molar-refractivity contribution in [1.82, 2.24) is 4.98 Å². The van der Waals surface area contributed by atoms with Crippen LogP contribution < -0.4 is 0 Å². The Morgan fingerprint density at radius 2 is 2.06 bits per heavy atom. The average Bonchev–Trinajstić information content (AvgIpc) is 2.75. The number of aromatic carboxylic acids is 1. The second-order valence-electron chi connectivity index (χ2n) is 3.51. The Morgan fingerprint density at radius 3 is 2.81 bits per heavy atom. The summed E-state index contributed by atoms with van der Waals surface area (Å²) in [6.45, 7) is 0. The lowest BCUT2D eigenvalue weighted by Crippen LogP contribution is -1.94. The predicted molar refractivity (Wildman–Crippen MR) is 56.7 cm³/mol. The number of fused-ring (bicyclic) bond motifs is 3. The van der Waals surface area contributed by atoms with Crippen LogP contribution in [0.3, 0.4) is 0 Å². The van der Waals surface area contributed by atoms with Gasteiger partial charge in [-0.15, -0.1) is 0 Å². The van der Waals surface area contributed by atoms with Crippen LogP contribution in [0.15, 0.2) is 28.7 Å². The van der Waals surface area contributed by atoms with Gasteiger partial charge in [-0.3, -0.25) is 0 Å². The Hall–Kier alpha value is -2.43. The number of hydrogen-bond donors (Lipinski definition) is 3. The lowest BCUT2D eigenvalue weighted by molar-refractivity contribution is 0.0691. The van der Waals surface area contributed by atoms with Gasteiger partial charge < -0.3 is 19.6 Å². The lowest BCUT2D eigenvalue weighted by Gasteiger charge is -1.90. The maximum absolute atomic E-state index is 10.7. The molecule has 0 radical (unpaired) electrons. The normalized spacial score (nSPS) is 11.2. The molecule has 3 N–H and O–H groups in total. The van der Waals surface area contributed by atoms with E-state index in [1.165, 1.54) is 12.1 Å². The van der Waals surface area contributed by atoms with Crippen LogP contribution in [0.2, 0.25) is 0 Å². The molecule has 0 amide bonds. The van der Waals surface area contributed by atoms with E-state index in [2.05, 4.69) is 4.98 Å². The van der Waals surface area contributed by atoms with Gasteiger partial charge in [-0.05, 0) is 24.3 Å². The topological polar surface area (TPSA) is 86.5 Å². The van der Waals surface area contributed by atoms with Gasteiger partial charge >= 0.3 is 5.97 Å². The lowest BCUT2D eigenvalue weighted by atomic mass is 10.2. The van der Waals surface area contributed by atoms with Gasteiger partial charge in [0.05, 0.1) is 0 Å². The fraction of sp³-hybridized carbons (Fsp3) is 0. The zero-order valence-electron chi connectivity index (χ0n) is 8.02. The number of carbonyl (C=O) groups is 1. The number of phenols is 1. The maximum atomic E-state index is 10.7. The van der Waals surface area contributed by atoms with Crippen molar-refractivity contribution in [3.63, 3.8) is 0 Å². The standard InChI is InChI=1S/C11H7NO4/c13-5-1-2-9-6(3-5)7-4-8(11(14)15)12-10(7)16-9/h1-4,12-13H,(H,14,15). The molecule has 16 heavy (non-hydrogen) atoms. The Balaban J connectivity index is 2.40. The predicted octanol–water partition coefficient (Wildman–Crippen LogP) is 2.32. The summed E-state index contributed by atoms with van der Waals surface area (Å²) in [7, 11) is 0. The number of rotatable bonds is 1. The fourth-order valence-corrected chi connectivity index (χ4v) is 1.76. The number of nitrogens with one attached hydrogen (secondary N) is 1. The highest BCUT2D eigenvalue weighted by atomic mass is 16.4. The van der Waals surface area contributed by atoms with Crippen molar-refractivity contribution in [1.29, 1.82) is 0 Å². The van der Waals surface area contributed by atoms with Crippen molar-refractivity contribution in [3.8, 4) is 5.75 Å². The maximum Gasteiger partial charge on any atom is 0.352 e. The molecule has 0 unspecified atom stereocenters. The van der Waals surface area contributed by atoms with E-state index in [9.17, 15) is 9.90 Å². The molecule has 2 aromatic heterocycles. The largest absolute Gasteiger partial charge is 0.508 e. The summed E-state index contributed by atoms with van der Waals surface area (Å²) < 4.78 is 5.41. The van der Waals surface area contributed by atoms with E-state index in [0.717, 1.165) is 0 Å². The van der Waals surface area contributed by atoms with Crippen LogP contribution in [0.1, 0.15) is 10.5 Å². The van der Waals surface area contributed by atoms with E-state index >= 15 is 0 Å². The van der Waals surface area contributed by atoms with Gasteiger partial charge in [-0.2, -0.15) is 0 Å². The van der Waals surface area contributed by atoms with Crippen molar-refractivity contribution in [2.24, 2.45) is 0 Å². The molecule has 0 aliphatic rings. The van der Waals surface area contributed by atoms with Crippen LogP contribution in [-0.4, -0.2) is 21.2 Å². The van der Waals surface area contributed by atoms with E-state index in [1.54, 1.807) is 12.1 Å². The SMILES string of the molecule is O=C(O)c1cc2c([nH]1)oc1ccc(O)cc12. The summed E-state index contributed by atoms with van der Waals surface area (Å²) in [5, 5.41) is 19.5. The monoisotopic (exact) mass is 217 g/mol. The summed E-state index contributed by atoms with van der Waals surface area (Å²) in [6, 6.07) is 6.19. The third kappa shape index (κ3) is 1.08. The molecule has 1 aromatic carbocycles. The highest BCUT2D eigenvalue weighted by molar-refractivity contribution is 6.07. The first-order valence-corrected chi connectivity index (χ1v) is 4.62. The van der Waals surface area contributed by atoms with E-state index in [0.29, 0.717) is 22.1 Å². The first-order chi connectivity index (χ1) is 7.65. The molecule has 0 spiro atoms. The van der Waals surface area contributed by atoms with Crippen molar-refractivity contribution >= 4 is 28.0 Å². The van der Waals surface area contributed by atoms with Crippen LogP contribution in [0.25, 0.3) is 22.1 Å². The van der Waals surface area contributed by atoms with Crippen LogP contribution in [0, 0.1) is 0 Å². The second kappa shape index (κ2) is 2.79. The zero-order chi connectivity index (χ0) is 11.3. The molecule has 5 nitrogen and oxygen atoms in total. The van der Waals surface area contributed by atoms with Crippen molar-refractivity contribution in [3.05, 3.63) is 30.0 Å². The summed E-state index contributed by atoms with van der Waals surface area (Å²) >= 11 is 0. The number of carboxylic acids is 1. The number of carboxylic acid groups (broad SMARTS) is 1. The Kier molecular flexibility index (Phi) is 1.54. The first kappa shape index (κ1) is 8.84. The Morgan fingerprint density at radius 1 is 1.25 bits per heavy atom. The van der Waals surface area contributed by atoms with E-state index in [-0.39, 0.29) is 11.4 Å². The molecule has 0 atom stereocenters. The summed E-state index contributed by atoms with van der Waals surface area (Å²) in [6.07, 6.45) is 0. The van der Waals surface area contributed by atoms with Crippen molar-refractivity contribution < 1.29 is 19.4 Å². The molecule has 3 rings (SSSR count). The van der Waals surface area contributed by atoms with E-state index in [4.69, 9.17) is 9.52 Å². The Labute approximate surface area is 88.9 Å². The fourth-order valence-electron chi connectivity index (χ4n) is 1.76. The number of furan rings is 1. The molecule has 0 fully saturated rings. The van der Waals surface area contributed by atoms with Crippen molar-refractivity contribution in [2.45, 2.75) is 0 Å². The van der Waals surface area contributed by atoms with Gasteiger partial charge in [-0.25, -0.2) is 4.79 Å². The highest BCUT2D eigenvalue weighted by Crippen LogP contribution is 2.31. The minimum atomic E-state index is -1.04. The van der Waals surface area contributed by atoms with Crippen LogP contribution in [-0.2, 0) is 0 Å². The molecule has 0 saturated carbocycles. The summed E-state index contributed by atoms with van der Waals surface area (Å²) in [4.78, 5) is 13.4. The number of hydrogen-bond acceptors (Lipinski definition) is 3. The van der Waals surface area contributed by atoms with Crippen LogP contribution >= 0.6 is 0 Å². The number of aromatic hydroxyl groups is 1. The Bertz CT molecular complexity index is 707. The second-order valence-corrected chi connectivity index (χ2v) is 3.51. The first-order valence-electron chi connectivity index (χ1n) is 4.62. The molecule has 0 bridgehead atoms. The number of H-pyrrole nitrogens is 1.